The van der Waals surface area contributed by atoms with Gasteiger partial charge in [0.15, 0.2) is 5.65 Å². The van der Waals surface area contributed by atoms with Crippen LogP contribution in [0.3, 0.4) is 0 Å². The molecule has 0 aliphatic heterocycles. The zero-order chi connectivity index (χ0) is 14.2. The van der Waals surface area contributed by atoms with Crippen molar-refractivity contribution in [2.45, 2.75) is 25.4 Å². The van der Waals surface area contributed by atoms with Gasteiger partial charge in [-0.25, -0.2) is 4.98 Å². The Labute approximate surface area is 126 Å². The van der Waals surface area contributed by atoms with Gasteiger partial charge in [-0.1, -0.05) is 24.3 Å². The number of benzene rings is 1. The molecule has 106 valence electrons. The second kappa shape index (κ2) is 5.00. The Morgan fingerprint density at radius 2 is 2.14 bits per heavy atom. The molecule has 2 aromatic heterocycles. The van der Waals surface area contributed by atoms with E-state index in [0.29, 0.717) is 17.0 Å². The van der Waals surface area contributed by atoms with E-state index in [2.05, 4.69) is 38.1 Å². The Bertz CT molecular complexity index is 801. The summed E-state index contributed by atoms with van der Waals surface area (Å²) in [4.78, 5) is 15.4. The van der Waals surface area contributed by atoms with Crippen LogP contribution in [0, 0.1) is 0 Å². The molecular weight excluding hydrogens is 288 g/mol. The van der Waals surface area contributed by atoms with Crippen molar-refractivity contribution in [1.29, 1.82) is 0 Å². The largest absolute Gasteiger partial charge is 0.468 e. The first-order chi connectivity index (χ1) is 10.3. The summed E-state index contributed by atoms with van der Waals surface area (Å²) in [6.45, 7) is 0. The lowest BCUT2D eigenvalue weighted by atomic mass is 9.89. The number of aryl methyl sites for hydroxylation is 1. The summed E-state index contributed by atoms with van der Waals surface area (Å²) in [5, 5.41) is 0.147. The maximum Gasteiger partial charge on any atom is 0.245 e. The number of nitrogens with zero attached hydrogens (tertiary/aromatic N) is 3. The van der Waals surface area contributed by atoms with E-state index < -0.39 is 0 Å². The molecule has 1 aliphatic carbocycles. The van der Waals surface area contributed by atoms with E-state index in [0.717, 1.165) is 19.3 Å². The molecule has 1 N–H and O–H groups in total. The van der Waals surface area contributed by atoms with Crippen molar-refractivity contribution in [3.8, 4) is 5.88 Å². The van der Waals surface area contributed by atoms with E-state index >= 15 is 0 Å². The molecule has 0 saturated carbocycles. The first-order valence-corrected chi connectivity index (χ1v) is 7.30. The van der Waals surface area contributed by atoms with Crippen LogP contribution >= 0.6 is 11.6 Å². The number of aromatic amines is 1. The Hall–Kier alpha value is -2.14. The van der Waals surface area contributed by atoms with E-state index in [1.54, 1.807) is 6.33 Å². The quantitative estimate of drug-likeness (QED) is 0.736. The second-order valence-electron chi connectivity index (χ2n) is 5.10. The monoisotopic (exact) mass is 300 g/mol. The summed E-state index contributed by atoms with van der Waals surface area (Å²) in [7, 11) is 0. The van der Waals surface area contributed by atoms with Gasteiger partial charge in [-0.15, -0.1) is 0 Å². The summed E-state index contributed by atoms with van der Waals surface area (Å²) in [6, 6.07) is 8.38. The van der Waals surface area contributed by atoms with Crippen LogP contribution in [0.4, 0.5) is 0 Å². The molecule has 1 aromatic carbocycles. The molecule has 5 nitrogen and oxygen atoms in total. The van der Waals surface area contributed by atoms with Crippen LogP contribution in [0.2, 0.25) is 5.28 Å². The third-order valence-corrected chi connectivity index (χ3v) is 3.96. The lowest BCUT2D eigenvalue weighted by molar-refractivity contribution is 0.178. The Morgan fingerprint density at radius 1 is 1.24 bits per heavy atom. The number of halogens is 1. The van der Waals surface area contributed by atoms with Crippen LogP contribution in [0.5, 0.6) is 5.88 Å². The third kappa shape index (κ3) is 2.23. The fraction of sp³-hybridized carbons (Fsp3) is 0.267. The molecule has 1 unspecified atom stereocenters. The van der Waals surface area contributed by atoms with Gasteiger partial charge in [0.1, 0.15) is 11.6 Å². The van der Waals surface area contributed by atoms with E-state index in [9.17, 15) is 0 Å². The second-order valence-corrected chi connectivity index (χ2v) is 5.43. The highest BCUT2D eigenvalue weighted by Crippen LogP contribution is 2.34. The molecule has 1 atom stereocenters. The fourth-order valence-electron chi connectivity index (χ4n) is 2.83. The zero-order valence-electron chi connectivity index (χ0n) is 11.2. The first-order valence-electron chi connectivity index (χ1n) is 6.92. The third-order valence-electron chi connectivity index (χ3n) is 3.79. The molecule has 6 heteroatoms. The molecular formula is C15H13ClN4O. The summed E-state index contributed by atoms with van der Waals surface area (Å²) in [6.07, 6.45) is 4.73. The van der Waals surface area contributed by atoms with Crippen molar-refractivity contribution >= 4 is 22.8 Å². The van der Waals surface area contributed by atoms with Crippen molar-refractivity contribution in [2.24, 2.45) is 0 Å². The minimum atomic E-state index is -0.00702. The lowest BCUT2D eigenvalue weighted by Crippen LogP contribution is -2.16. The molecule has 2 heterocycles. The number of rotatable bonds is 2. The summed E-state index contributed by atoms with van der Waals surface area (Å²) in [5.74, 6) is 0.462. The summed E-state index contributed by atoms with van der Waals surface area (Å²) < 4.78 is 6.13. The standard InChI is InChI=1S/C15H13ClN4O/c16-15-19-13-12(17-8-18-13)14(20-15)21-11-7-3-5-9-4-1-2-6-10(9)11/h1-2,4,6,8,11H,3,5,7H2,(H,17,18,19,20). The van der Waals surface area contributed by atoms with Gasteiger partial charge >= 0.3 is 0 Å². The molecule has 0 amide bonds. The van der Waals surface area contributed by atoms with Gasteiger partial charge in [0.25, 0.3) is 0 Å². The number of fused-ring (bicyclic) bond motifs is 2. The molecule has 4 rings (SSSR count). The smallest absolute Gasteiger partial charge is 0.245 e. The van der Waals surface area contributed by atoms with E-state index in [1.165, 1.54) is 11.1 Å². The Morgan fingerprint density at radius 3 is 3.10 bits per heavy atom. The highest BCUT2D eigenvalue weighted by Gasteiger charge is 2.23. The van der Waals surface area contributed by atoms with Gasteiger partial charge in [-0.2, -0.15) is 9.97 Å². The average Bonchev–Trinajstić information content (AvgIpc) is 2.96. The number of hydrogen-bond acceptors (Lipinski definition) is 4. The summed E-state index contributed by atoms with van der Waals surface area (Å²) >= 11 is 5.94. The molecule has 0 bridgehead atoms. The van der Waals surface area contributed by atoms with Gasteiger partial charge in [-0.3, -0.25) is 0 Å². The maximum absolute atomic E-state index is 6.13. The molecule has 0 saturated heterocycles. The number of imidazole rings is 1. The van der Waals surface area contributed by atoms with Crippen LogP contribution < -0.4 is 4.74 Å². The van der Waals surface area contributed by atoms with Crippen LogP contribution in [0.1, 0.15) is 30.1 Å². The molecule has 3 aromatic rings. The number of aromatic nitrogens is 4. The maximum atomic E-state index is 6.13. The predicted octanol–water partition coefficient (Wildman–Crippen LogP) is 3.46. The normalized spacial score (nSPS) is 17.7. The van der Waals surface area contributed by atoms with Crippen molar-refractivity contribution in [3.05, 3.63) is 47.0 Å². The highest BCUT2D eigenvalue weighted by molar-refractivity contribution is 6.28. The molecule has 0 radical (unpaired) electrons. The number of ether oxygens (including phenoxy) is 1. The number of hydrogen-bond donors (Lipinski definition) is 1. The molecule has 1 aliphatic rings. The van der Waals surface area contributed by atoms with Crippen molar-refractivity contribution in [2.75, 3.05) is 0 Å². The predicted molar refractivity (Wildman–Crippen MR) is 79.4 cm³/mol. The molecule has 21 heavy (non-hydrogen) atoms. The van der Waals surface area contributed by atoms with Crippen LogP contribution in [-0.4, -0.2) is 19.9 Å². The van der Waals surface area contributed by atoms with E-state index in [1.807, 2.05) is 6.07 Å². The minimum absolute atomic E-state index is 0.00702. The fourth-order valence-corrected chi connectivity index (χ4v) is 2.99. The van der Waals surface area contributed by atoms with Gasteiger partial charge in [0.2, 0.25) is 11.2 Å². The number of H-pyrrole nitrogens is 1. The lowest BCUT2D eigenvalue weighted by Gasteiger charge is -2.25. The Kier molecular flexibility index (Phi) is 3.00. The first kappa shape index (κ1) is 12.6. The zero-order valence-corrected chi connectivity index (χ0v) is 12.0. The van der Waals surface area contributed by atoms with E-state index in [-0.39, 0.29) is 11.4 Å². The Balaban J connectivity index is 1.74. The van der Waals surface area contributed by atoms with Gasteiger partial charge in [0.05, 0.1) is 6.33 Å². The van der Waals surface area contributed by atoms with Crippen LogP contribution in [0.25, 0.3) is 11.2 Å². The summed E-state index contributed by atoms with van der Waals surface area (Å²) in [5.41, 5.74) is 3.78. The van der Waals surface area contributed by atoms with Gasteiger partial charge in [0, 0.05) is 0 Å². The van der Waals surface area contributed by atoms with Crippen LogP contribution in [-0.2, 0) is 6.42 Å². The van der Waals surface area contributed by atoms with Crippen molar-refractivity contribution in [3.63, 3.8) is 0 Å². The van der Waals surface area contributed by atoms with E-state index in [4.69, 9.17) is 16.3 Å². The SMILES string of the molecule is Clc1nc(OC2CCCc3ccccc32)c2[nH]cnc2n1. The van der Waals surface area contributed by atoms with Gasteiger partial charge in [-0.05, 0) is 42.0 Å². The van der Waals surface area contributed by atoms with Crippen LogP contribution in [0.15, 0.2) is 30.6 Å². The average molecular weight is 301 g/mol. The highest BCUT2D eigenvalue weighted by atomic mass is 35.5. The van der Waals surface area contributed by atoms with Gasteiger partial charge < -0.3 is 9.72 Å². The molecule has 0 spiro atoms. The topological polar surface area (TPSA) is 63.7 Å². The number of nitrogens with one attached hydrogen (secondary N) is 1. The van der Waals surface area contributed by atoms with Crippen molar-refractivity contribution in [1.82, 2.24) is 19.9 Å². The van der Waals surface area contributed by atoms with Crippen molar-refractivity contribution < 1.29 is 4.74 Å². The minimum Gasteiger partial charge on any atom is -0.468 e. The molecule has 0 fully saturated rings.